The molecule has 0 aliphatic heterocycles. The Kier molecular flexibility index (Phi) is 4.25. The fourth-order valence-electron chi connectivity index (χ4n) is 1.46. The Morgan fingerprint density at radius 2 is 2.00 bits per heavy atom. The molecule has 0 aliphatic carbocycles. The molecule has 0 bridgehead atoms. The molecule has 2 aromatic rings. The average Bonchev–Trinajstić information content (AvgIpc) is 2.69. The van der Waals surface area contributed by atoms with Gasteiger partial charge in [-0.25, -0.2) is 8.78 Å². The molecule has 1 nitrogen and oxygen atoms in total. The molecule has 1 aromatic heterocycles. The molecule has 5 heteroatoms. The van der Waals surface area contributed by atoms with Gasteiger partial charge in [-0.1, -0.05) is 0 Å². The number of halogens is 3. The molecular weight excluding hydrogens is 308 g/mol. The maximum Gasteiger partial charge on any atom is 0.127 e. The Hall–Kier alpha value is -0.780. The maximum absolute atomic E-state index is 13.3. The summed E-state index contributed by atoms with van der Waals surface area (Å²) in [4.78, 5) is 0. The Morgan fingerprint density at radius 1 is 1.18 bits per heavy atom. The number of thiophene rings is 1. The molecule has 2 rings (SSSR count). The van der Waals surface area contributed by atoms with Crippen LogP contribution in [0.15, 0.2) is 33.4 Å². The van der Waals surface area contributed by atoms with Gasteiger partial charge in [0.1, 0.15) is 11.6 Å². The van der Waals surface area contributed by atoms with E-state index in [4.69, 9.17) is 0 Å². The van der Waals surface area contributed by atoms with Crippen molar-refractivity contribution in [3.05, 3.63) is 56.2 Å². The van der Waals surface area contributed by atoms with Crippen LogP contribution in [0, 0.1) is 11.6 Å². The summed E-state index contributed by atoms with van der Waals surface area (Å²) >= 11 is 4.97. The van der Waals surface area contributed by atoms with E-state index in [-0.39, 0.29) is 5.82 Å². The third-order valence-electron chi connectivity index (χ3n) is 2.27. The second-order valence-electron chi connectivity index (χ2n) is 3.60. The van der Waals surface area contributed by atoms with Crippen LogP contribution < -0.4 is 5.32 Å². The molecule has 17 heavy (non-hydrogen) atoms. The molecule has 1 heterocycles. The van der Waals surface area contributed by atoms with Gasteiger partial charge in [-0.2, -0.15) is 0 Å². The van der Waals surface area contributed by atoms with Crippen LogP contribution in [-0.4, -0.2) is 0 Å². The molecule has 1 aromatic carbocycles. The summed E-state index contributed by atoms with van der Waals surface area (Å²) in [7, 11) is 0. The molecule has 0 spiro atoms. The second-order valence-corrected chi connectivity index (χ2v) is 5.89. The molecule has 0 fully saturated rings. The predicted molar refractivity (Wildman–Crippen MR) is 68.9 cm³/mol. The van der Waals surface area contributed by atoms with Crippen molar-refractivity contribution >= 4 is 27.3 Å². The maximum atomic E-state index is 13.3. The summed E-state index contributed by atoms with van der Waals surface area (Å²) < 4.78 is 27.3. The van der Waals surface area contributed by atoms with E-state index in [1.165, 1.54) is 6.07 Å². The number of hydrogen-bond acceptors (Lipinski definition) is 2. The van der Waals surface area contributed by atoms with E-state index in [0.717, 1.165) is 21.5 Å². The molecule has 0 unspecified atom stereocenters. The first-order valence-corrected chi connectivity index (χ1v) is 6.70. The van der Waals surface area contributed by atoms with Crippen LogP contribution in [0.1, 0.15) is 11.1 Å². The molecule has 0 radical (unpaired) electrons. The van der Waals surface area contributed by atoms with Crippen molar-refractivity contribution < 1.29 is 8.78 Å². The largest absolute Gasteiger partial charge is 0.308 e. The first-order chi connectivity index (χ1) is 8.15. The number of rotatable bonds is 4. The second kappa shape index (κ2) is 5.71. The summed E-state index contributed by atoms with van der Waals surface area (Å²) in [5.41, 5.74) is 1.47. The summed E-state index contributed by atoms with van der Waals surface area (Å²) in [6.07, 6.45) is 0. The minimum atomic E-state index is -0.415. The van der Waals surface area contributed by atoms with E-state index < -0.39 is 5.82 Å². The van der Waals surface area contributed by atoms with Crippen LogP contribution >= 0.6 is 27.3 Å². The smallest absolute Gasteiger partial charge is 0.127 e. The first kappa shape index (κ1) is 12.7. The number of nitrogens with one attached hydrogen (secondary N) is 1. The van der Waals surface area contributed by atoms with Crippen LogP contribution in [0.4, 0.5) is 8.78 Å². The van der Waals surface area contributed by atoms with Gasteiger partial charge in [0, 0.05) is 18.7 Å². The third-order valence-corrected chi connectivity index (χ3v) is 3.83. The fourth-order valence-corrected chi connectivity index (χ4v) is 2.67. The zero-order chi connectivity index (χ0) is 12.3. The van der Waals surface area contributed by atoms with Crippen LogP contribution in [0.3, 0.4) is 0 Å². The molecule has 90 valence electrons. The van der Waals surface area contributed by atoms with Crippen LogP contribution in [0.25, 0.3) is 0 Å². The Bertz CT molecular complexity index is 513. The molecular formula is C12H10BrF2NS. The highest BCUT2D eigenvalue weighted by Crippen LogP contribution is 2.20. The molecule has 1 N–H and O–H groups in total. The van der Waals surface area contributed by atoms with Crippen molar-refractivity contribution in [2.45, 2.75) is 13.1 Å². The Morgan fingerprint density at radius 3 is 2.71 bits per heavy atom. The SMILES string of the molecule is Fc1ccc(F)c(CNCc2csc(Br)c2)c1. The van der Waals surface area contributed by atoms with Gasteiger partial charge in [0.2, 0.25) is 0 Å². The molecule has 0 saturated carbocycles. The van der Waals surface area contributed by atoms with Gasteiger partial charge in [0.05, 0.1) is 3.79 Å². The predicted octanol–water partition coefficient (Wildman–Crippen LogP) is 4.08. The summed E-state index contributed by atoms with van der Waals surface area (Å²) in [5.74, 6) is -0.799. The summed E-state index contributed by atoms with van der Waals surface area (Å²) in [6.45, 7) is 0.953. The van der Waals surface area contributed by atoms with Gasteiger partial charge >= 0.3 is 0 Å². The van der Waals surface area contributed by atoms with Crippen molar-refractivity contribution in [3.63, 3.8) is 0 Å². The minimum absolute atomic E-state index is 0.317. The van der Waals surface area contributed by atoms with E-state index in [1.54, 1.807) is 11.3 Å². The Balaban J connectivity index is 1.91. The highest BCUT2D eigenvalue weighted by Gasteiger charge is 2.03. The van der Waals surface area contributed by atoms with Crippen molar-refractivity contribution in [2.24, 2.45) is 0 Å². The van der Waals surface area contributed by atoms with Gasteiger partial charge in [-0.3, -0.25) is 0 Å². The third kappa shape index (κ3) is 3.59. The number of hydrogen-bond donors (Lipinski definition) is 1. The molecule has 0 atom stereocenters. The van der Waals surface area contributed by atoms with Crippen molar-refractivity contribution in [1.82, 2.24) is 5.32 Å². The van der Waals surface area contributed by atoms with E-state index in [0.29, 0.717) is 18.7 Å². The minimum Gasteiger partial charge on any atom is -0.308 e. The number of benzene rings is 1. The molecule has 0 amide bonds. The van der Waals surface area contributed by atoms with Gasteiger partial charge in [0.15, 0.2) is 0 Å². The topological polar surface area (TPSA) is 12.0 Å². The van der Waals surface area contributed by atoms with Gasteiger partial charge in [-0.15, -0.1) is 11.3 Å². The lowest BCUT2D eigenvalue weighted by molar-refractivity contribution is 0.569. The lowest BCUT2D eigenvalue weighted by atomic mass is 10.2. The zero-order valence-corrected chi connectivity index (χ0v) is 11.2. The lowest BCUT2D eigenvalue weighted by Gasteiger charge is -2.05. The van der Waals surface area contributed by atoms with Gasteiger partial charge in [0.25, 0.3) is 0 Å². The van der Waals surface area contributed by atoms with Crippen molar-refractivity contribution in [1.29, 1.82) is 0 Å². The van der Waals surface area contributed by atoms with E-state index >= 15 is 0 Å². The van der Waals surface area contributed by atoms with Crippen molar-refractivity contribution in [2.75, 3.05) is 0 Å². The lowest BCUT2D eigenvalue weighted by Crippen LogP contribution is -2.13. The standard InChI is InChI=1S/C12H10BrF2NS/c13-12-3-8(7-17-12)5-16-6-9-4-10(14)1-2-11(9)15/h1-4,7,16H,5-6H2. The first-order valence-electron chi connectivity index (χ1n) is 5.03. The van der Waals surface area contributed by atoms with Gasteiger partial charge < -0.3 is 5.32 Å². The average molecular weight is 318 g/mol. The zero-order valence-electron chi connectivity index (χ0n) is 8.84. The summed E-state index contributed by atoms with van der Waals surface area (Å²) in [6, 6.07) is 5.48. The van der Waals surface area contributed by atoms with Gasteiger partial charge in [-0.05, 0) is 51.1 Å². The molecule has 0 aliphatic rings. The highest BCUT2D eigenvalue weighted by atomic mass is 79.9. The Labute approximate surface area is 111 Å². The van der Waals surface area contributed by atoms with Crippen LogP contribution in [-0.2, 0) is 13.1 Å². The summed E-state index contributed by atoms with van der Waals surface area (Å²) in [5, 5.41) is 5.09. The van der Waals surface area contributed by atoms with Crippen molar-refractivity contribution in [3.8, 4) is 0 Å². The van der Waals surface area contributed by atoms with E-state index in [9.17, 15) is 8.78 Å². The fraction of sp³-hybridized carbons (Fsp3) is 0.167. The molecule has 0 saturated heterocycles. The highest BCUT2D eigenvalue weighted by molar-refractivity contribution is 9.11. The van der Waals surface area contributed by atoms with E-state index in [1.807, 2.05) is 11.4 Å². The monoisotopic (exact) mass is 317 g/mol. The quantitative estimate of drug-likeness (QED) is 0.896. The normalized spacial score (nSPS) is 10.8. The van der Waals surface area contributed by atoms with E-state index in [2.05, 4.69) is 21.2 Å². The van der Waals surface area contributed by atoms with Crippen LogP contribution in [0.2, 0.25) is 0 Å². The van der Waals surface area contributed by atoms with Crippen LogP contribution in [0.5, 0.6) is 0 Å².